The minimum Gasteiger partial charge on any atom is -0.480 e. The van der Waals surface area contributed by atoms with Crippen molar-refractivity contribution in [3.8, 4) is 0 Å². The molecule has 1 aromatic heterocycles. The summed E-state index contributed by atoms with van der Waals surface area (Å²) in [5.41, 5.74) is 0.265. The summed E-state index contributed by atoms with van der Waals surface area (Å²) in [7, 11) is 0. The van der Waals surface area contributed by atoms with Crippen LogP contribution >= 0.6 is 23.2 Å². The predicted octanol–water partition coefficient (Wildman–Crippen LogP) is 3.10. The van der Waals surface area contributed by atoms with Gasteiger partial charge in [0.05, 0.1) is 0 Å². The standard InChI is InChI=1S/C14H16Cl2N2O3/c1-2-8-3-4-18(10(5-8)14(20)21)13(19)9-6-11(15)17-12(16)7-9/h6-8,10H,2-5H2,1H3,(H,20,21). The number of carboxylic acids is 1. The Balaban J connectivity index is 2.26. The largest absolute Gasteiger partial charge is 0.480 e. The normalized spacial score (nSPS) is 22.1. The minimum absolute atomic E-state index is 0.112. The molecule has 0 bridgehead atoms. The maximum Gasteiger partial charge on any atom is 0.326 e. The molecule has 1 amide bonds. The van der Waals surface area contributed by atoms with Crippen LogP contribution in [0.3, 0.4) is 0 Å². The van der Waals surface area contributed by atoms with Crippen molar-refractivity contribution in [3.63, 3.8) is 0 Å². The number of aliphatic carboxylic acids is 1. The quantitative estimate of drug-likeness (QED) is 0.864. The number of rotatable bonds is 3. The van der Waals surface area contributed by atoms with Gasteiger partial charge in [-0.25, -0.2) is 9.78 Å². The summed E-state index contributed by atoms with van der Waals surface area (Å²) in [6.45, 7) is 2.45. The van der Waals surface area contributed by atoms with E-state index in [1.807, 2.05) is 6.92 Å². The Hall–Kier alpha value is -1.33. The van der Waals surface area contributed by atoms with E-state index in [4.69, 9.17) is 23.2 Å². The first kappa shape index (κ1) is 16.0. The van der Waals surface area contributed by atoms with Crippen LogP contribution in [0.5, 0.6) is 0 Å². The van der Waals surface area contributed by atoms with E-state index in [-0.39, 0.29) is 21.8 Å². The maximum atomic E-state index is 12.5. The number of hydrogen-bond acceptors (Lipinski definition) is 3. The number of aromatic nitrogens is 1. The van der Waals surface area contributed by atoms with Crippen LogP contribution in [0, 0.1) is 5.92 Å². The lowest BCUT2D eigenvalue weighted by atomic mass is 9.88. The predicted molar refractivity (Wildman–Crippen MR) is 79.7 cm³/mol. The highest BCUT2D eigenvalue weighted by Crippen LogP contribution is 2.27. The molecule has 0 aromatic carbocycles. The first-order chi connectivity index (χ1) is 9.92. The van der Waals surface area contributed by atoms with Gasteiger partial charge >= 0.3 is 5.97 Å². The minimum atomic E-state index is -0.979. The number of likely N-dealkylation sites (tertiary alicyclic amines) is 1. The molecule has 0 spiro atoms. The van der Waals surface area contributed by atoms with Gasteiger partial charge in [0.15, 0.2) is 0 Å². The molecule has 1 N–H and O–H groups in total. The summed E-state index contributed by atoms with van der Waals surface area (Å²) in [4.78, 5) is 29.1. The Kier molecular flexibility index (Phi) is 5.06. The van der Waals surface area contributed by atoms with Crippen molar-refractivity contribution in [2.24, 2.45) is 5.92 Å². The topological polar surface area (TPSA) is 70.5 Å². The molecule has 2 rings (SSSR count). The van der Waals surface area contributed by atoms with Gasteiger partial charge in [0.25, 0.3) is 5.91 Å². The van der Waals surface area contributed by atoms with Crippen LogP contribution in [-0.4, -0.2) is 39.5 Å². The zero-order chi connectivity index (χ0) is 15.6. The van der Waals surface area contributed by atoms with Gasteiger partial charge in [-0.3, -0.25) is 4.79 Å². The fraction of sp³-hybridized carbons (Fsp3) is 0.500. The summed E-state index contributed by atoms with van der Waals surface area (Å²) < 4.78 is 0. The lowest BCUT2D eigenvalue weighted by molar-refractivity contribution is -0.144. The second kappa shape index (κ2) is 6.62. The monoisotopic (exact) mass is 330 g/mol. The van der Waals surface area contributed by atoms with E-state index in [0.717, 1.165) is 12.8 Å². The number of halogens is 2. The van der Waals surface area contributed by atoms with Crippen LogP contribution in [-0.2, 0) is 4.79 Å². The van der Waals surface area contributed by atoms with E-state index < -0.39 is 12.0 Å². The molecule has 1 saturated heterocycles. The molecule has 2 heterocycles. The Labute approximate surface area is 132 Å². The molecular weight excluding hydrogens is 315 g/mol. The molecule has 1 aliphatic heterocycles. The Bertz CT molecular complexity index is 545. The molecule has 21 heavy (non-hydrogen) atoms. The van der Waals surface area contributed by atoms with Gasteiger partial charge in [0, 0.05) is 12.1 Å². The Morgan fingerprint density at radius 2 is 2.00 bits per heavy atom. The number of pyridine rings is 1. The number of carbonyl (C=O) groups is 2. The third-order valence-corrected chi connectivity index (χ3v) is 4.23. The summed E-state index contributed by atoms with van der Waals surface area (Å²) in [5, 5.41) is 9.59. The fourth-order valence-electron chi connectivity index (χ4n) is 2.64. The molecule has 1 aliphatic rings. The second-order valence-corrected chi connectivity index (χ2v) is 5.93. The number of amides is 1. The van der Waals surface area contributed by atoms with Crippen LogP contribution < -0.4 is 0 Å². The smallest absolute Gasteiger partial charge is 0.326 e. The first-order valence-corrected chi connectivity index (χ1v) is 7.54. The Morgan fingerprint density at radius 3 is 2.52 bits per heavy atom. The van der Waals surface area contributed by atoms with E-state index in [1.54, 1.807) is 0 Å². The van der Waals surface area contributed by atoms with Crippen LogP contribution in [0.25, 0.3) is 0 Å². The number of carboxylic acid groups (broad SMARTS) is 1. The van der Waals surface area contributed by atoms with Crippen molar-refractivity contribution in [3.05, 3.63) is 28.0 Å². The SMILES string of the molecule is CCC1CCN(C(=O)c2cc(Cl)nc(Cl)c2)C(C(=O)O)C1. The zero-order valence-corrected chi connectivity index (χ0v) is 13.1. The van der Waals surface area contributed by atoms with Crippen molar-refractivity contribution >= 4 is 35.1 Å². The lowest BCUT2D eigenvalue weighted by Gasteiger charge is -2.37. The van der Waals surface area contributed by atoms with E-state index in [1.165, 1.54) is 17.0 Å². The van der Waals surface area contributed by atoms with Gasteiger partial charge in [-0.15, -0.1) is 0 Å². The lowest BCUT2D eigenvalue weighted by Crippen LogP contribution is -2.50. The van der Waals surface area contributed by atoms with E-state index in [0.29, 0.717) is 18.9 Å². The molecule has 0 radical (unpaired) electrons. The molecule has 114 valence electrons. The zero-order valence-electron chi connectivity index (χ0n) is 11.6. The summed E-state index contributed by atoms with van der Waals surface area (Å²) in [6, 6.07) is 2.00. The summed E-state index contributed by atoms with van der Waals surface area (Å²) in [5.74, 6) is -1.02. The molecule has 7 heteroatoms. The number of hydrogen-bond donors (Lipinski definition) is 1. The maximum absolute atomic E-state index is 12.5. The van der Waals surface area contributed by atoms with Gasteiger partial charge in [0.1, 0.15) is 16.3 Å². The van der Waals surface area contributed by atoms with Crippen LogP contribution in [0.4, 0.5) is 0 Å². The van der Waals surface area contributed by atoms with Gasteiger partial charge < -0.3 is 10.0 Å². The van der Waals surface area contributed by atoms with Gasteiger partial charge in [-0.2, -0.15) is 0 Å². The fourth-order valence-corrected chi connectivity index (χ4v) is 3.10. The molecule has 1 fully saturated rings. The van der Waals surface area contributed by atoms with Gasteiger partial charge in [0.2, 0.25) is 0 Å². The summed E-state index contributed by atoms with van der Waals surface area (Å²) in [6.07, 6.45) is 2.20. The molecule has 2 atom stereocenters. The van der Waals surface area contributed by atoms with Crippen molar-refractivity contribution < 1.29 is 14.7 Å². The highest BCUT2D eigenvalue weighted by atomic mass is 35.5. The average Bonchev–Trinajstić information content (AvgIpc) is 2.44. The van der Waals surface area contributed by atoms with Crippen LogP contribution in [0.2, 0.25) is 10.3 Å². The van der Waals surface area contributed by atoms with E-state index in [2.05, 4.69) is 4.98 Å². The van der Waals surface area contributed by atoms with Crippen molar-refractivity contribution in [1.82, 2.24) is 9.88 Å². The molecule has 5 nitrogen and oxygen atoms in total. The van der Waals surface area contributed by atoms with Crippen LogP contribution in [0.15, 0.2) is 12.1 Å². The van der Waals surface area contributed by atoms with Crippen molar-refractivity contribution in [1.29, 1.82) is 0 Å². The molecule has 0 saturated carbocycles. The Morgan fingerprint density at radius 1 is 1.38 bits per heavy atom. The van der Waals surface area contributed by atoms with Gasteiger partial charge in [-0.05, 0) is 30.9 Å². The number of piperidine rings is 1. The third kappa shape index (κ3) is 3.66. The van der Waals surface area contributed by atoms with Crippen LogP contribution in [0.1, 0.15) is 36.5 Å². The van der Waals surface area contributed by atoms with Crippen molar-refractivity contribution in [2.45, 2.75) is 32.2 Å². The average molecular weight is 331 g/mol. The third-order valence-electron chi connectivity index (χ3n) is 3.84. The molecule has 2 unspecified atom stereocenters. The molecule has 1 aromatic rings. The highest BCUT2D eigenvalue weighted by molar-refractivity contribution is 6.33. The summed E-state index contributed by atoms with van der Waals surface area (Å²) >= 11 is 11.6. The van der Waals surface area contributed by atoms with E-state index >= 15 is 0 Å². The van der Waals surface area contributed by atoms with Crippen molar-refractivity contribution in [2.75, 3.05) is 6.54 Å². The molecule has 0 aliphatic carbocycles. The number of carbonyl (C=O) groups excluding carboxylic acids is 1. The molecular formula is C14H16Cl2N2O3. The van der Waals surface area contributed by atoms with Gasteiger partial charge in [-0.1, -0.05) is 36.5 Å². The first-order valence-electron chi connectivity index (χ1n) is 6.79. The van der Waals surface area contributed by atoms with E-state index in [9.17, 15) is 14.7 Å². The highest BCUT2D eigenvalue weighted by Gasteiger charge is 2.36. The number of nitrogens with zero attached hydrogens (tertiary/aromatic N) is 2. The second-order valence-electron chi connectivity index (χ2n) is 5.15.